The average molecular weight is 377 g/mol. The summed E-state index contributed by atoms with van der Waals surface area (Å²) < 4.78 is 5.91. The fourth-order valence-electron chi connectivity index (χ4n) is 2.45. The highest BCUT2D eigenvalue weighted by atomic mass is 32.2. The van der Waals surface area contributed by atoms with Gasteiger partial charge in [0, 0.05) is 28.9 Å². The molecule has 6 heteroatoms. The molecular weight excluding hydrogens is 358 g/mol. The maximum Gasteiger partial charge on any atom is 0.252 e. The van der Waals surface area contributed by atoms with Crippen molar-refractivity contribution in [2.24, 2.45) is 0 Å². The van der Waals surface area contributed by atoms with Gasteiger partial charge in [0.1, 0.15) is 5.75 Å². The number of aryl methyl sites for hydroxylation is 1. The predicted molar refractivity (Wildman–Crippen MR) is 104 cm³/mol. The van der Waals surface area contributed by atoms with Crippen molar-refractivity contribution in [2.45, 2.75) is 35.7 Å². The second-order valence-corrected chi connectivity index (χ2v) is 7.52. The molecule has 1 aliphatic rings. The van der Waals surface area contributed by atoms with E-state index in [1.54, 1.807) is 36.7 Å². The maximum absolute atomic E-state index is 12.1. The van der Waals surface area contributed by atoms with Gasteiger partial charge in [-0.3, -0.25) is 4.79 Å². The third kappa shape index (κ3) is 4.65. The number of hydrogen-bond donors (Lipinski definition) is 1. The Hall–Kier alpha value is -2.86. The molecule has 0 aliphatic heterocycles. The summed E-state index contributed by atoms with van der Waals surface area (Å²) in [6.45, 7) is 2.06. The van der Waals surface area contributed by atoms with E-state index >= 15 is 0 Å². The number of hydrogen-bond acceptors (Lipinski definition) is 5. The quantitative estimate of drug-likeness (QED) is 0.679. The Morgan fingerprint density at radius 3 is 2.44 bits per heavy atom. The van der Waals surface area contributed by atoms with E-state index in [9.17, 15) is 4.79 Å². The lowest BCUT2D eigenvalue weighted by Gasteiger charge is -2.09. The lowest BCUT2D eigenvalue weighted by molar-refractivity contribution is 0.0951. The van der Waals surface area contributed by atoms with Crippen molar-refractivity contribution in [3.63, 3.8) is 0 Å². The summed E-state index contributed by atoms with van der Waals surface area (Å²) in [7, 11) is 0. The standard InChI is InChI=1S/C21H19N3O2S/c1-14-2-10-18(11-3-14)27-21-20(22-12-13-23-21)26-17-8-4-15(5-9-17)19(25)24-16-6-7-16/h2-5,8-13,16H,6-7H2,1H3,(H,24,25). The molecule has 5 nitrogen and oxygen atoms in total. The van der Waals surface area contributed by atoms with Gasteiger partial charge in [0.2, 0.25) is 0 Å². The largest absolute Gasteiger partial charge is 0.437 e. The van der Waals surface area contributed by atoms with Crippen LogP contribution in [0.15, 0.2) is 70.8 Å². The molecule has 0 atom stereocenters. The number of nitrogens with zero attached hydrogens (tertiary/aromatic N) is 2. The van der Waals surface area contributed by atoms with E-state index in [1.807, 2.05) is 12.1 Å². The van der Waals surface area contributed by atoms with Crippen molar-refractivity contribution in [1.82, 2.24) is 15.3 Å². The summed E-state index contributed by atoms with van der Waals surface area (Å²) in [5, 5.41) is 3.67. The molecule has 0 bridgehead atoms. The summed E-state index contributed by atoms with van der Waals surface area (Å²) in [5.41, 5.74) is 1.84. The highest BCUT2D eigenvalue weighted by Gasteiger charge is 2.23. The average Bonchev–Trinajstić information content (AvgIpc) is 3.50. The lowest BCUT2D eigenvalue weighted by Crippen LogP contribution is -2.25. The van der Waals surface area contributed by atoms with Crippen LogP contribution in [0.25, 0.3) is 0 Å². The van der Waals surface area contributed by atoms with Gasteiger partial charge in [0.05, 0.1) is 0 Å². The molecule has 4 rings (SSSR count). The van der Waals surface area contributed by atoms with Gasteiger partial charge in [-0.05, 0) is 56.2 Å². The van der Waals surface area contributed by atoms with Crippen LogP contribution in [0.3, 0.4) is 0 Å². The van der Waals surface area contributed by atoms with E-state index in [4.69, 9.17) is 4.74 Å². The van der Waals surface area contributed by atoms with Crippen molar-refractivity contribution in [3.05, 3.63) is 72.1 Å². The van der Waals surface area contributed by atoms with Crippen molar-refractivity contribution >= 4 is 17.7 Å². The van der Waals surface area contributed by atoms with Crippen molar-refractivity contribution in [1.29, 1.82) is 0 Å². The number of nitrogens with one attached hydrogen (secondary N) is 1. The maximum atomic E-state index is 12.1. The van der Waals surface area contributed by atoms with Crippen LogP contribution in [-0.2, 0) is 0 Å². The molecule has 1 aliphatic carbocycles. The summed E-state index contributed by atoms with van der Waals surface area (Å²) in [4.78, 5) is 21.8. The van der Waals surface area contributed by atoms with Gasteiger partial charge in [-0.2, -0.15) is 0 Å². The van der Waals surface area contributed by atoms with Crippen LogP contribution >= 0.6 is 11.8 Å². The van der Waals surface area contributed by atoms with Gasteiger partial charge >= 0.3 is 0 Å². The first-order valence-corrected chi connectivity index (χ1v) is 9.63. The molecule has 1 heterocycles. The number of rotatable bonds is 6. The van der Waals surface area contributed by atoms with E-state index in [1.165, 1.54) is 17.3 Å². The van der Waals surface area contributed by atoms with Crippen molar-refractivity contribution in [2.75, 3.05) is 0 Å². The van der Waals surface area contributed by atoms with E-state index in [0.717, 1.165) is 17.7 Å². The van der Waals surface area contributed by atoms with Crippen LogP contribution in [0.5, 0.6) is 11.6 Å². The molecule has 136 valence electrons. The van der Waals surface area contributed by atoms with Crippen LogP contribution in [0.4, 0.5) is 0 Å². The van der Waals surface area contributed by atoms with Gasteiger partial charge in [-0.15, -0.1) is 0 Å². The predicted octanol–water partition coefficient (Wildman–Crippen LogP) is 4.62. The third-order valence-electron chi connectivity index (χ3n) is 4.11. The number of benzene rings is 2. The highest BCUT2D eigenvalue weighted by molar-refractivity contribution is 7.99. The summed E-state index contributed by atoms with van der Waals surface area (Å²) >= 11 is 1.50. The van der Waals surface area contributed by atoms with E-state index in [2.05, 4.69) is 34.3 Å². The summed E-state index contributed by atoms with van der Waals surface area (Å²) in [6, 6.07) is 15.6. The Morgan fingerprint density at radius 1 is 1.04 bits per heavy atom. The smallest absolute Gasteiger partial charge is 0.252 e. The Labute approximate surface area is 162 Å². The molecule has 0 saturated heterocycles. The Morgan fingerprint density at radius 2 is 1.74 bits per heavy atom. The minimum absolute atomic E-state index is 0.0424. The first-order chi connectivity index (χ1) is 13.2. The molecule has 0 radical (unpaired) electrons. The van der Waals surface area contributed by atoms with Gasteiger partial charge in [-0.1, -0.05) is 29.5 Å². The normalized spacial score (nSPS) is 13.2. The van der Waals surface area contributed by atoms with Crippen molar-refractivity contribution < 1.29 is 9.53 Å². The van der Waals surface area contributed by atoms with Crippen LogP contribution in [-0.4, -0.2) is 21.9 Å². The molecular formula is C21H19N3O2S. The number of carbonyl (C=O) groups excluding carboxylic acids is 1. The first kappa shape index (κ1) is 17.5. The Bertz CT molecular complexity index is 938. The van der Waals surface area contributed by atoms with Crippen LogP contribution in [0, 0.1) is 6.92 Å². The van der Waals surface area contributed by atoms with Gasteiger partial charge < -0.3 is 10.1 Å². The number of carbonyl (C=O) groups is 1. The summed E-state index contributed by atoms with van der Waals surface area (Å²) in [6.07, 6.45) is 5.39. The minimum Gasteiger partial charge on any atom is -0.437 e. The van der Waals surface area contributed by atoms with Gasteiger partial charge in [0.15, 0.2) is 5.03 Å². The number of aromatic nitrogens is 2. The van der Waals surface area contributed by atoms with Gasteiger partial charge in [0.25, 0.3) is 11.8 Å². The second-order valence-electron chi connectivity index (χ2n) is 6.46. The number of ether oxygens (including phenoxy) is 1. The summed E-state index contributed by atoms with van der Waals surface area (Å²) in [5.74, 6) is 1.02. The van der Waals surface area contributed by atoms with Crippen LogP contribution in [0.2, 0.25) is 0 Å². The van der Waals surface area contributed by atoms with E-state index in [0.29, 0.717) is 28.3 Å². The molecule has 1 saturated carbocycles. The SMILES string of the molecule is Cc1ccc(Sc2nccnc2Oc2ccc(C(=O)NC3CC3)cc2)cc1. The first-order valence-electron chi connectivity index (χ1n) is 8.82. The fraction of sp³-hybridized carbons (Fsp3) is 0.190. The zero-order valence-electron chi connectivity index (χ0n) is 14.9. The molecule has 1 aromatic heterocycles. The van der Waals surface area contributed by atoms with E-state index < -0.39 is 0 Å². The highest BCUT2D eigenvalue weighted by Crippen LogP contribution is 2.34. The molecule has 1 fully saturated rings. The molecule has 3 aromatic rings. The van der Waals surface area contributed by atoms with Crippen LogP contribution < -0.4 is 10.1 Å². The zero-order valence-corrected chi connectivity index (χ0v) is 15.7. The molecule has 27 heavy (non-hydrogen) atoms. The Kier molecular flexibility index (Phi) is 5.07. The molecule has 2 aromatic carbocycles. The lowest BCUT2D eigenvalue weighted by atomic mass is 10.2. The molecule has 1 amide bonds. The molecule has 0 spiro atoms. The minimum atomic E-state index is -0.0424. The van der Waals surface area contributed by atoms with Crippen LogP contribution in [0.1, 0.15) is 28.8 Å². The third-order valence-corrected chi connectivity index (χ3v) is 5.09. The fourth-order valence-corrected chi connectivity index (χ4v) is 3.24. The Balaban J connectivity index is 1.47. The van der Waals surface area contributed by atoms with E-state index in [-0.39, 0.29) is 5.91 Å². The monoisotopic (exact) mass is 377 g/mol. The number of amides is 1. The topological polar surface area (TPSA) is 64.1 Å². The molecule has 0 unspecified atom stereocenters. The van der Waals surface area contributed by atoms with Gasteiger partial charge in [-0.25, -0.2) is 9.97 Å². The zero-order chi connectivity index (χ0) is 18.6. The molecule has 1 N–H and O–H groups in total. The van der Waals surface area contributed by atoms with Crippen molar-refractivity contribution in [3.8, 4) is 11.6 Å². The second kappa shape index (κ2) is 7.80.